The normalized spacial score (nSPS) is 13.5. The van der Waals surface area contributed by atoms with Gasteiger partial charge >= 0.3 is 0 Å². The van der Waals surface area contributed by atoms with Gasteiger partial charge in [0.2, 0.25) is 0 Å². The van der Waals surface area contributed by atoms with Crippen molar-refractivity contribution in [3.8, 4) is 5.69 Å². The molecule has 4 aromatic rings. The molecular weight excluding hydrogens is 425 g/mol. The molecule has 0 saturated heterocycles. The van der Waals surface area contributed by atoms with E-state index in [4.69, 9.17) is 28.3 Å². The topological polar surface area (TPSA) is 29.9 Å². The van der Waals surface area contributed by atoms with Crippen LogP contribution in [0.1, 0.15) is 41.1 Å². The van der Waals surface area contributed by atoms with Crippen molar-refractivity contribution in [2.24, 2.45) is 0 Å². The van der Waals surface area contributed by atoms with Gasteiger partial charge in [-0.2, -0.15) is 5.10 Å². The van der Waals surface area contributed by atoms with Crippen molar-refractivity contribution in [2.45, 2.75) is 25.2 Å². The van der Waals surface area contributed by atoms with Crippen LogP contribution < -0.4 is 5.32 Å². The number of benzene rings is 3. The Morgan fingerprint density at radius 3 is 2.13 bits per heavy atom. The molecule has 1 aliphatic rings. The van der Waals surface area contributed by atoms with Crippen LogP contribution >= 0.6 is 23.2 Å². The minimum Gasteiger partial charge on any atom is -0.370 e. The average Bonchev–Trinajstić information content (AvgIpc) is 2.98. The van der Waals surface area contributed by atoms with E-state index in [-0.39, 0.29) is 5.92 Å². The second-order valence-electron chi connectivity index (χ2n) is 7.86. The Hall–Kier alpha value is -2.75. The van der Waals surface area contributed by atoms with Crippen molar-refractivity contribution in [1.29, 1.82) is 0 Å². The van der Waals surface area contributed by atoms with E-state index in [9.17, 15) is 0 Å². The molecule has 0 unspecified atom stereocenters. The van der Waals surface area contributed by atoms with Crippen molar-refractivity contribution in [2.75, 3.05) is 11.9 Å². The fourth-order valence-corrected chi connectivity index (χ4v) is 4.66. The minimum atomic E-state index is 0.0556. The largest absolute Gasteiger partial charge is 0.370 e. The molecule has 5 heteroatoms. The SMILES string of the molecule is Clc1ccc(-n2nc(C(c3ccccc3)c3ccccc3)c3c2NCCCC3)cc1Cl. The maximum Gasteiger partial charge on any atom is 0.133 e. The Morgan fingerprint density at radius 1 is 0.806 bits per heavy atom. The molecule has 0 radical (unpaired) electrons. The van der Waals surface area contributed by atoms with Crippen molar-refractivity contribution in [3.05, 3.63) is 111 Å². The second-order valence-corrected chi connectivity index (χ2v) is 8.68. The van der Waals surface area contributed by atoms with E-state index >= 15 is 0 Å². The first kappa shape index (κ1) is 20.2. The molecule has 31 heavy (non-hydrogen) atoms. The van der Waals surface area contributed by atoms with Crippen LogP contribution in [0.2, 0.25) is 10.0 Å². The summed E-state index contributed by atoms with van der Waals surface area (Å²) in [5.41, 5.74) is 5.75. The molecule has 0 bridgehead atoms. The lowest BCUT2D eigenvalue weighted by Crippen LogP contribution is -2.08. The van der Waals surface area contributed by atoms with Gasteiger partial charge in [0.15, 0.2) is 0 Å². The Kier molecular flexibility index (Phi) is 5.71. The van der Waals surface area contributed by atoms with Gasteiger partial charge in [-0.05, 0) is 48.6 Å². The molecule has 5 rings (SSSR count). The summed E-state index contributed by atoms with van der Waals surface area (Å²) in [7, 11) is 0. The van der Waals surface area contributed by atoms with E-state index < -0.39 is 0 Å². The van der Waals surface area contributed by atoms with E-state index in [1.54, 1.807) is 0 Å². The van der Waals surface area contributed by atoms with Gasteiger partial charge in [-0.15, -0.1) is 0 Å². The van der Waals surface area contributed by atoms with Gasteiger partial charge in [0.05, 0.1) is 27.3 Å². The summed E-state index contributed by atoms with van der Waals surface area (Å²) >= 11 is 12.5. The van der Waals surface area contributed by atoms with E-state index in [1.165, 1.54) is 16.7 Å². The maximum atomic E-state index is 6.35. The molecule has 2 heterocycles. The quantitative estimate of drug-likeness (QED) is 0.361. The zero-order chi connectivity index (χ0) is 21.2. The number of rotatable bonds is 4. The third-order valence-corrected chi connectivity index (χ3v) is 6.59. The average molecular weight is 448 g/mol. The predicted octanol–water partition coefficient (Wildman–Crippen LogP) is 7.11. The van der Waals surface area contributed by atoms with Crippen molar-refractivity contribution < 1.29 is 0 Å². The summed E-state index contributed by atoms with van der Waals surface area (Å²) in [6, 6.07) is 26.9. The Labute approximate surface area is 192 Å². The summed E-state index contributed by atoms with van der Waals surface area (Å²) in [6.07, 6.45) is 3.27. The van der Waals surface area contributed by atoms with Crippen LogP contribution in [-0.4, -0.2) is 16.3 Å². The van der Waals surface area contributed by atoms with Gasteiger partial charge in [-0.1, -0.05) is 83.9 Å². The molecule has 0 atom stereocenters. The van der Waals surface area contributed by atoms with Crippen LogP contribution in [0.5, 0.6) is 0 Å². The van der Waals surface area contributed by atoms with Gasteiger partial charge < -0.3 is 5.32 Å². The first-order chi connectivity index (χ1) is 15.2. The van der Waals surface area contributed by atoms with Gasteiger partial charge in [-0.25, -0.2) is 4.68 Å². The Bertz CT molecular complexity index is 1150. The molecule has 1 N–H and O–H groups in total. The molecule has 0 saturated carbocycles. The summed E-state index contributed by atoms with van der Waals surface area (Å²) < 4.78 is 2.00. The van der Waals surface area contributed by atoms with E-state index in [0.29, 0.717) is 10.0 Å². The van der Waals surface area contributed by atoms with Crippen LogP contribution in [0, 0.1) is 0 Å². The highest BCUT2D eigenvalue weighted by Crippen LogP contribution is 2.39. The second kappa shape index (κ2) is 8.78. The third-order valence-electron chi connectivity index (χ3n) is 5.85. The Balaban J connectivity index is 1.73. The van der Waals surface area contributed by atoms with E-state index in [2.05, 4.69) is 66.0 Å². The number of hydrogen-bond acceptors (Lipinski definition) is 2. The molecule has 0 fully saturated rings. The fraction of sp³-hybridized carbons (Fsp3) is 0.192. The number of nitrogens with one attached hydrogen (secondary N) is 1. The first-order valence-electron chi connectivity index (χ1n) is 10.6. The number of halogens is 2. The molecule has 156 valence electrons. The van der Waals surface area contributed by atoms with E-state index in [0.717, 1.165) is 43.0 Å². The molecule has 0 amide bonds. The summed E-state index contributed by atoms with van der Waals surface area (Å²) in [5.74, 6) is 1.11. The highest BCUT2D eigenvalue weighted by atomic mass is 35.5. The lowest BCUT2D eigenvalue weighted by molar-refractivity contribution is 0.754. The van der Waals surface area contributed by atoms with E-state index in [1.807, 2.05) is 22.9 Å². The summed E-state index contributed by atoms with van der Waals surface area (Å²) in [6.45, 7) is 0.931. The van der Waals surface area contributed by atoms with Crippen LogP contribution in [0.3, 0.4) is 0 Å². The maximum absolute atomic E-state index is 6.35. The zero-order valence-electron chi connectivity index (χ0n) is 17.1. The summed E-state index contributed by atoms with van der Waals surface area (Å²) in [4.78, 5) is 0. The zero-order valence-corrected chi connectivity index (χ0v) is 18.6. The Morgan fingerprint density at radius 2 is 1.48 bits per heavy atom. The minimum absolute atomic E-state index is 0.0556. The van der Waals surface area contributed by atoms with Crippen LogP contribution in [0.4, 0.5) is 5.82 Å². The first-order valence-corrected chi connectivity index (χ1v) is 11.4. The molecule has 3 nitrogen and oxygen atoms in total. The molecular formula is C26H23Cl2N3. The predicted molar refractivity (Wildman–Crippen MR) is 129 cm³/mol. The van der Waals surface area contributed by atoms with Gasteiger partial charge in [0.25, 0.3) is 0 Å². The number of aromatic nitrogens is 2. The van der Waals surface area contributed by atoms with Crippen LogP contribution in [0.25, 0.3) is 5.69 Å². The fourth-order valence-electron chi connectivity index (χ4n) is 4.36. The highest BCUT2D eigenvalue weighted by molar-refractivity contribution is 6.42. The smallest absolute Gasteiger partial charge is 0.133 e. The van der Waals surface area contributed by atoms with Gasteiger partial charge in [0.1, 0.15) is 5.82 Å². The monoisotopic (exact) mass is 447 g/mol. The van der Waals surface area contributed by atoms with Crippen molar-refractivity contribution in [3.63, 3.8) is 0 Å². The van der Waals surface area contributed by atoms with Crippen molar-refractivity contribution in [1.82, 2.24) is 9.78 Å². The number of hydrogen-bond donors (Lipinski definition) is 1. The molecule has 0 spiro atoms. The highest BCUT2D eigenvalue weighted by Gasteiger charge is 2.28. The van der Waals surface area contributed by atoms with Crippen LogP contribution in [0.15, 0.2) is 78.9 Å². The lowest BCUT2D eigenvalue weighted by Gasteiger charge is -2.18. The number of nitrogens with zero attached hydrogens (tertiary/aromatic N) is 2. The number of anilines is 1. The van der Waals surface area contributed by atoms with Crippen LogP contribution in [-0.2, 0) is 6.42 Å². The molecule has 1 aromatic heterocycles. The molecule has 3 aromatic carbocycles. The molecule has 0 aliphatic carbocycles. The van der Waals surface area contributed by atoms with Gasteiger partial charge in [-0.3, -0.25) is 0 Å². The molecule has 1 aliphatic heterocycles. The standard InChI is InChI=1S/C26H23Cl2N3/c27-22-15-14-20(17-23(22)28)31-26-21(13-7-8-16-29-26)25(30-31)24(18-9-3-1-4-10-18)19-11-5-2-6-12-19/h1-6,9-12,14-15,17,24,29H,7-8,13,16H2. The number of fused-ring (bicyclic) bond motifs is 1. The lowest BCUT2D eigenvalue weighted by atomic mass is 9.86. The van der Waals surface area contributed by atoms with Gasteiger partial charge in [0, 0.05) is 12.1 Å². The third kappa shape index (κ3) is 3.96. The summed E-state index contributed by atoms with van der Waals surface area (Å²) in [5, 5.41) is 9.88. The van der Waals surface area contributed by atoms with Crippen molar-refractivity contribution >= 4 is 29.0 Å².